The molecule has 2 aromatic rings. The highest BCUT2D eigenvalue weighted by molar-refractivity contribution is 5.79. The van der Waals surface area contributed by atoms with E-state index in [2.05, 4.69) is 52.7 Å². The minimum absolute atomic E-state index is 0.181. The number of nitrogens with zero attached hydrogens (tertiary/aromatic N) is 3. The van der Waals surface area contributed by atoms with E-state index in [4.69, 9.17) is 0 Å². The van der Waals surface area contributed by atoms with Crippen molar-refractivity contribution in [3.05, 3.63) is 53.1 Å². The van der Waals surface area contributed by atoms with Crippen LogP contribution in [0.5, 0.6) is 0 Å². The quantitative estimate of drug-likeness (QED) is 0.630. The minimum Gasteiger partial charge on any atom is -0.356 e. The summed E-state index contributed by atoms with van der Waals surface area (Å²) in [5, 5.41) is 6.18. The van der Waals surface area contributed by atoms with Gasteiger partial charge in [-0.05, 0) is 25.8 Å². The third-order valence-corrected chi connectivity index (χ3v) is 3.58. The first-order chi connectivity index (χ1) is 11.5. The number of aromatic nitrogens is 2. The fourth-order valence-electron chi connectivity index (χ4n) is 2.58. The van der Waals surface area contributed by atoms with Crippen LogP contribution in [0, 0.1) is 13.8 Å². The van der Waals surface area contributed by atoms with Gasteiger partial charge in [0.2, 0.25) is 0 Å². The Bertz CT molecular complexity index is 674. The summed E-state index contributed by atoms with van der Waals surface area (Å²) >= 11 is 0. The van der Waals surface area contributed by atoms with Gasteiger partial charge in [-0.1, -0.05) is 29.3 Å². The van der Waals surface area contributed by atoms with Crippen LogP contribution in [-0.4, -0.2) is 29.1 Å². The number of aryl methyl sites for hydroxylation is 2. The van der Waals surface area contributed by atoms with Gasteiger partial charge in [0.25, 0.3) is 0 Å². The molecule has 7 heteroatoms. The zero-order valence-electron chi connectivity index (χ0n) is 14.2. The fraction of sp³-hybridized carbons (Fsp3) is 0.412. The van der Waals surface area contributed by atoms with Crippen molar-refractivity contribution in [1.29, 1.82) is 0 Å². The highest BCUT2D eigenvalue weighted by atomic mass is 19.3. The first kappa shape index (κ1) is 17.9. The van der Waals surface area contributed by atoms with Crippen LogP contribution in [0.2, 0.25) is 0 Å². The van der Waals surface area contributed by atoms with Gasteiger partial charge in [-0.15, -0.1) is 0 Å². The number of benzene rings is 1. The molecule has 0 aliphatic heterocycles. The van der Waals surface area contributed by atoms with E-state index in [0.29, 0.717) is 12.5 Å². The lowest BCUT2D eigenvalue weighted by molar-refractivity contribution is 0.0668. The van der Waals surface area contributed by atoms with Crippen LogP contribution in [-0.2, 0) is 13.0 Å². The van der Waals surface area contributed by atoms with Crippen molar-refractivity contribution in [3.8, 4) is 0 Å². The number of aliphatic imine (C=N–C) groups is 1. The maximum atomic E-state index is 12.8. The van der Waals surface area contributed by atoms with E-state index >= 15 is 0 Å². The van der Waals surface area contributed by atoms with E-state index in [1.807, 2.05) is 0 Å². The summed E-state index contributed by atoms with van der Waals surface area (Å²) in [6.45, 7) is 2.45. The number of imidazole rings is 1. The molecule has 1 heterocycles. The third-order valence-electron chi connectivity index (χ3n) is 3.58. The molecule has 0 saturated carbocycles. The Kier molecular flexibility index (Phi) is 6.28. The average Bonchev–Trinajstić information content (AvgIpc) is 2.98. The Hall–Kier alpha value is -2.44. The maximum absolute atomic E-state index is 12.8. The molecule has 1 aromatic carbocycles. The minimum atomic E-state index is -2.59. The molecule has 0 bridgehead atoms. The second-order valence-corrected chi connectivity index (χ2v) is 5.63. The molecule has 0 spiro atoms. The van der Waals surface area contributed by atoms with Gasteiger partial charge in [-0.2, -0.15) is 8.78 Å². The lowest BCUT2D eigenvalue weighted by Gasteiger charge is -2.13. The van der Waals surface area contributed by atoms with Gasteiger partial charge in [-0.25, -0.2) is 4.98 Å². The van der Waals surface area contributed by atoms with Crippen LogP contribution in [0.1, 0.15) is 29.1 Å². The SMILES string of the molecule is CN=C(NCCc1cc(C)cc(C)c1)NCc1nccn1C(F)F. The summed E-state index contributed by atoms with van der Waals surface area (Å²) in [6.07, 6.45) is 3.48. The van der Waals surface area contributed by atoms with Gasteiger partial charge >= 0.3 is 6.55 Å². The van der Waals surface area contributed by atoms with Crippen LogP contribution < -0.4 is 10.6 Å². The molecule has 0 fully saturated rings. The first-order valence-corrected chi connectivity index (χ1v) is 7.81. The van der Waals surface area contributed by atoms with Crippen molar-refractivity contribution in [2.45, 2.75) is 33.4 Å². The molecule has 0 saturated heterocycles. The molecule has 0 amide bonds. The van der Waals surface area contributed by atoms with E-state index in [1.54, 1.807) is 7.05 Å². The van der Waals surface area contributed by atoms with Gasteiger partial charge in [-0.3, -0.25) is 9.56 Å². The molecule has 0 radical (unpaired) electrons. The number of hydrogen-bond acceptors (Lipinski definition) is 2. The number of alkyl halides is 2. The van der Waals surface area contributed by atoms with Crippen molar-refractivity contribution in [2.75, 3.05) is 13.6 Å². The Morgan fingerprint density at radius 2 is 1.92 bits per heavy atom. The van der Waals surface area contributed by atoms with Gasteiger partial charge in [0.1, 0.15) is 5.82 Å². The number of hydrogen-bond donors (Lipinski definition) is 2. The van der Waals surface area contributed by atoms with E-state index in [9.17, 15) is 8.78 Å². The monoisotopic (exact) mass is 335 g/mol. The van der Waals surface area contributed by atoms with E-state index in [-0.39, 0.29) is 12.4 Å². The Morgan fingerprint density at radius 1 is 1.21 bits per heavy atom. The lowest BCUT2D eigenvalue weighted by atomic mass is 10.1. The molecule has 0 atom stereocenters. The summed E-state index contributed by atoms with van der Waals surface area (Å²) in [4.78, 5) is 8.03. The molecule has 2 rings (SSSR count). The van der Waals surface area contributed by atoms with Gasteiger partial charge in [0.15, 0.2) is 5.96 Å². The molecule has 0 aliphatic rings. The normalized spacial score (nSPS) is 11.8. The first-order valence-electron chi connectivity index (χ1n) is 7.81. The highest BCUT2D eigenvalue weighted by Crippen LogP contribution is 2.12. The smallest absolute Gasteiger partial charge is 0.319 e. The van der Waals surface area contributed by atoms with Gasteiger partial charge < -0.3 is 10.6 Å². The van der Waals surface area contributed by atoms with Crippen LogP contribution in [0.15, 0.2) is 35.6 Å². The number of guanidine groups is 1. The summed E-state index contributed by atoms with van der Waals surface area (Å²) < 4.78 is 26.4. The van der Waals surface area contributed by atoms with Crippen molar-refractivity contribution in [3.63, 3.8) is 0 Å². The number of rotatable bonds is 6. The molecule has 2 N–H and O–H groups in total. The summed E-state index contributed by atoms with van der Waals surface area (Å²) in [6, 6.07) is 6.46. The second kappa shape index (κ2) is 8.42. The van der Waals surface area contributed by atoms with Crippen molar-refractivity contribution in [1.82, 2.24) is 20.2 Å². The average molecular weight is 335 g/mol. The summed E-state index contributed by atoms with van der Waals surface area (Å²) in [5.41, 5.74) is 3.74. The van der Waals surface area contributed by atoms with E-state index < -0.39 is 6.55 Å². The number of nitrogens with one attached hydrogen (secondary N) is 2. The van der Waals surface area contributed by atoms with Crippen molar-refractivity contribution in [2.24, 2.45) is 4.99 Å². The molecule has 130 valence electrons. The van der Waals surface area contributed by atoms with Gasteiger partial charge in [0.05, 0.1) is 6.54 Å². The van der Waals surface area contributed by atoms with E-state index in [1.165, 1.54) is 29.1 Å². The Balaban J connectivity index is 1.83. The summed E-state index contributed by atoms with van der Waals surface area (Å²) in [7, 11) is 1.64. The molecule has 5 nitrogen and oxygen atoms in total. The number of halogens is 2. The second-order valence-electron chi connectivity index (χ2n) is 5.63. The molecular formula is C17H23F2N5. The predicted octanol–water partition coefficient (Wildman–Crippen LogP) is 2.80. The molecule has 24 heavy (non-hydrogen) atoms. The topological polar surface area (TPSA) is 54.2 Å². The molecule has 1 aromatic heterocycles. The van der Waals surface area contributed by atoms with Crippen LogP contribution in [0.3, 0.4) is 0 Å². The Labute approximate surface area is 140 Å². The molecule has 0 aliphatic carbocycles. The zero-order chi connectivity index (χ0) is 17.5. The van der Waals surface area contributed by atoms with Crippen molar-refractivity contribution >= 4 is 5.96 Å². The standard InChI is InChI=1S/C17H23F2N5/c1-12-8-13(2)10-14(9-12)4-5-22-17(20-3)23-11-15-21-6-7-24(15)16(18)19/h6-10,16H,4-5,11H2,1-3H3,(H2,20,22,23). The molecular weight excluding hydrogens is 312 g/mol. The van der Waals surface area contributed by atoms with Crippen LogP contribution in [0.4, 0.5) is 8.78 Å². The fourth-order valence-corrected chi connectivity index (χ4v) is 2.58. The van der Waals surface area contributed by atoms with E-state index in [0.717, 1.165) is 11.0 Å². The van der Waals surface area contributed by atoms with Crippen LogP contribution >= 0.6 is 0 Å². The molecule has 0 unspecified atom stereocenters. The zero-order valence-corrected chi connectivity index (χ0v) is 14.2. The van der Waals surface area contributed by atoms with Crippen molar-refractivity contribution < 1.29 is 8.78 Å². The Morgan fingerprint density at radius 3 is 2.54 bits per heavy atom. The summed E-state index contributed by atoms with van der Waals surface area (Å²) in [5.74, 6) is 0.824. The van der Waals surface area contributed by atoms with Gasteiger partial charge in [0, 0.05) is 26.0 Å². The lowest BCUT2D eigenvalue weighted by Crippen LogP contribution is -2.38. The van der Waals surface area contributed by atoms with Crippen LogP contribution in [0.25, 0.3) is 0 Å². The maximum Gasteiger partial charge on any atom is 0.319 e. The third kappa shape index (κ3) is 5.04. The highest BCUT2D eigenvalue weighted by Gasteiger charge is 2.11. The predicted molar refractivity (Wildman–Crippen MR) is 91.3 cm³/mol. The largest absolute Gasteiger partial charge is 0.356 e.